The maximum atomic E-state index is 13.2. The molecule has 3 N–H and O–H groups in total. The smallest absolute Gasteiger partial charge is 0.253 e. The molecule has 11 heteroatoms. The molecular weight excluding hydrogens is 591 g/mol. The van der Waals surface area contributed by atoms with Crippen molar-refractivity contribution in [3.8, 4) is 5.75 Å². The average molecular weight is 613 g/mol. The van der Waals surface area contributed by atoms with Crippen molar-refractivity contribution in [2.75, 3.05) is 12.4 Å². The van der Waals surface area contributed by atoms with Crippen LogP contribution < -0.4 is 20.1 Å². The summed E-state index contributed by atoms with van der Waals surface area (Å²) in [4.78, 5) is 16.9. The Balaban J connectivity index is 1.75. The molecule has 0 aliphatic heterocycles. The van der Waals surface area contributed by atoms with E-state index in [2.05, 4.69) is 42.9 Å². The number of carbonyl (C=O) groups excluding carboxylic acids is 1. The fourth-order valence-corrected chi connectivity index (χ4v) is 5.36. The molecule has 0 bridgehead atoms. The van der Waals surface area contributed by atoms with Crippen LogP contribution in [0.4, 0.5) is 11.4 Å². The second kappa shape index (κ2) is 10.5. The zero-order valence-corrected chi connectivity index (χ0v) is 21.9. The standard InChI is InChI=1S/C23H22ClIN4O4S/c1-33-22-20(34(31,32)27-13-14-3-2-10-26-12-14)9-7-17(23(30)28-16-5-6-16)21(22)29-19-8-4-15(25)11-18(19)24/h2-4,7-12,16,27,29H,5-6,13H2,1H3,(H,28,30). The number of nitrogens with one attached hydrogen (secondary N) is 3. The number of nitrogens with zero attached hydrogens (tertiary/aromatic N) is 1. The normalized spacial score (nSPS) is 13.4. The van der Waals surface area contributed by atoms with Gasteiger partial charge in [-0.05, 0) is 77.4 Å². The van der Waals surface area contributed by atoms with Crippen LogP contribution in [0.25, 0.3) is 0 Å². The maximum absolute atomic E-state index is 13.2. The molecule has 1 saturated carbocycles. The summed E-state index contributed by atoms with van der Waals surface area (Å²) in [5, 5.41) is 6.48. The lowest BCUT2D eigenvalue weighted by Gasteiger charge is -2.20. The summed E-state index contributed by atoms with van der Waals surface area (Å²) in [6, 6.07) is 11.8. The Morgan fingerprint density at radius 1 is 1.24 bits per heavy atom. The van der Waals surface area contributed by atoms with Gasteiger partial charge in [0, 0.05) is 28.6 Å². The van der Waals surface area contributed by atoms with Crippen LogP contribution in [-0.2, 0) is 16.6 Å². The first-order valence-electron chi connectivity index (χ1n) is 10.4. The monoisotopic (exact) mass is 612 g/mol. The Morgan fingerprint density at radius 2 is 2.03 bits per heavy atom. The molecule has 1 aliphatic carbocycles. The Kier molecular flexibility index (Phi) is 7.60. The van der Waals surface area contributed by atoms with Crippen molar-refractivity contribution in [2.24, 2.45) is 0 Å². The van der Waals surface area contributed by atoms with Crippen molar-refractivity contribution in [3.05, 3.63) is 74.6 Å². The van der Waals surface area contributed by atoms with E-state index >= 15 is 0 Å². The van der Waals surface area contributed by atoms with Crippen LogP contribution in [0.5, 0.6) is 5.75 Å². The van der Waals surface area contributed by atoms with Gasteiger partial charge in [-0.15, -0.1) is 0 Å². The van der Waals surface area contributed by atoms with Gasteiger partial charge in [-0.25, -0.2) is 13.1 Å². The molecule has 3 aromatic rings. The summed E-state index contributed by atoms with van der Waals surface area (Å²) >= 11 is 8.54. The molecule has 0 radical (unpaired) electrons. The zero-order valence-electron chi connectivity index (χ0n) is 18.1. The minimum atomic E-state index is -3.99. The van der Waals surface area contributed by atoms with Crippen molar-refractivity contribution in [1.82, 2.24) is 15.0 Å². The van der Waals surface area contributed by atoms with Crippen molar-refractivity contribution in [2.45, 2.75) is 30.3 Å². The maximum Gasteiger partial charge on any atom is 0.253 e. The predicted molar refractivity (Wildman–Crippen MR) is 139 cm³/mol. The molecule has 1 fully saturated rings. The van der Waals surface area contributed by atoms with Gasteiger partial charge in [-0.3, -0.25) is 9.78 Å². The number of sulfonamides is 1. The number of pyridine rings is 1. The molecule has 1 aliphatic rings. The lowest BCUT2D eigenvalue weighted by Crippen LogP contribution is -2.27. The number of anilines is 2. The van der Waals surface area contributed by atoms with E-state index < -0.39 is 10.0 Å². The van der Waals surface area contributed by atoms with Crippen LogP contribution >= 0.6 is 34.2 Å². The number of ether oxygens (including phenoxy) is 1. The molecule has 34 heavy (non-hydrogen) atoms. The lowest BCUT2D eigenvalue weighted by molar-refractivity contribution is 0.0951. The first-order chi connectivity index (χ1) is 16.3. The third kappa shape index (κ3) is 5.80. The van der Waals surface area contributed by atoms with E-state index in [1.165, 1.54) is 19.2 Å². The first kappa shape index (κ1) is 24.7. The highest BCUT2D eigenvalue weighted by molar-refractivity contribution is 14.1. The molecule has 4 rings (SSSR count). The third-order valence-corrected chi connectivity index (χ3v) is 7.56. The largest absolute Gasteiger partial charge is 0.493 e. The second-order valence-corrected chi connectivity index (χ2v) is 11.1. The summed E-state index contributed by atoms with van der Waals surface area (Å²) in [6.45, 7) is 0.0506. The average Bonchev–Trinajstić information content (AvgIpc) is 3.63. The molecule has 0 atom stereocenters. The number of methoxy groups -OCH3 is 1. The fourth-order valence-electron chi connectivity index (χ4n) is 3.27. The first-order valence-corrected chi connectivity index (χ1v) is 13.3. The second-order valence-electron chi connectivity index (χ2n) is 7.70. The van der Waals surface area contributed by atoms with E-state index in [0.29, 0.717) is 16.3 Å². The molecule has 0 spiro atoms. The minimum Gasteiger partial charge on any atom is -0.493 e. The Hall–Kier alpha value is -2.41. The molecule has 1 aromatic heterocycles. The number of aromatic nitrogens is 1. The van der Waals surface area contributed by atoms with Gasteiger partial charge in [0.1, 0.15) is 4.90 Å². The Morgan fingerprint density at radius 3 is 2.68 bits per heavy atom. The van der Waals surface area contributed by atoms with Crippen LogP contribution in [0.1, 0.15) is 28.8 Å². The van der Waals surface area contributed by atoms with E-state index in [4.69, 9.17) is 16.3 Å². The molecule has 0 unspecified atom stereocenters. The third-order valence-electron chi connectivity index (χ3n) is 5.15. The van der Waals surface area contributed by atoms with E-state index in [-0.39, 0.29) is 40.4 Å². The Bertz CT molecular complexity index is 1320. The molecule has 2 aromatic carbocycles. The van der Waals surface area contributed by atoms with Crippen molar-refractivity contribution >= 4 is 61.5 Å². The highest BCUT2D eigenvalue weighted by Crippen LogP contribution is 2.39. The lowest BCUT2D eigenvalue weighted by atomic mass is 10.1. The van der Waals surface area contributed by atoms with Gasteiger partial charge >= 0.3 is 0 Å². The summed E-state index contributed by atoms with van der Waals surface area (Å²) in [5.74, 6) is -0.311. The number of halogens is 2. The van der Waals surface area contributed by atoms with Gasteiger partial charge in [0.15, 0.2) is 5.75 Å². The quantitative estimate of drug-likeness (QED) is 0.308. The van der Waals surface area contributed by atoms with Crippen LogP contribution in [-0.4, -0.2) is 32.5 Å². The van der Waals surface area contributed by atoms with E-state index in [1.54, 1.807) is 36.7 Å². The molecular formula is C23H22ClIN4O4S. The van der Waals surface area contributed by atoms with E-state index in [0.717, 1.165) is 16.4 Å². The summed E-state index contributed by atoms with van der Waals surface area (Å²) in [5.41, 5.74) is 1.69. The van der Waals surface area contributed by atoms with Crippen LogP contribution in [0.3, 0.4) is 0 Å². The molecule has 8 nitrogen and oxygen atoms in total. The Labute approximate surface area is 216 Å². The molecule has 178 valence electrons. The molecule has 0 saturated heterocycles. The van der Waals surface area contributed by atoms with E-state index in [1.807, 2.05) is 6.07 Å². The predicted octanol–water partition coefficient (Wildman–Crippen LogP) is 4.46. The number of hydrogen-bond donors (Lipinski definition) is 3. The summed E-state index contributed by atoms with van der Waals surface area (Å²) in [6.07, 6.45) is 5.02. The summed E-state index contributed by atoms with van der Waals surface area (Å²) in [7, 11) is -2.63. The number of amides is 1. The van der Waals surface area contributed by atoms with Crippen LogP contribution in [0, 0.1) is 3.57 Å². The SMILES string of the molecule is COc1c(S(=O)(=O)NCc2cccnc2)ccc(C(=O)NC2CC2)c1Nc1ccc(I)cc1Cl. The number of benzene rings is 2. The fraction of sp³-hybridized carbons (Fsp3) is 0.217. The van der Waals surface area contributed by atoms with Crippen molar-refractivity contribution < 1.29 is 17.9 Å². The minimum absolute atomic E-state index is 0.0109. The number of rotatable bonds is 9. The highest BCUT2D eigenvalue weighted by Gasteiger charge is 2.29. The van der Waals surface area contributed by atoms with Gasteiger partial charge < -0.3 is 15.4 Å². The molecule has 1 heterocycles. The topological polar surface area (TPSA) is 109 Å². The molecule has 1 amide bonds. The van der Waals surface area contributed by atoms with Gasteiger partial charge in [0.2, 0.25) is 10.0 Å². The number of carbonyl (C=O) groups is 1. The number of hydrogen-bond acceptors (Lipinski definition) is 6. The van der Waals surface area contributed by atoms with Crippen molar-refractivity contribution in [1.29, 1.82) is 0 Å². The van der Waals surface area contributed by atoms with Gasteiger partial charge in [-0.1, -0.05) is 17.7 Å². The van der Waals surface area contributed by atoms with E-state index in [9.17, 15) is 13.2 Å². The van der Waals surface area contributed by atoms with Gasteiger partial charge in [-0.2, -0.15) is 0 Å². The van der Waals surface area contributed by atoms with Gasteiger partial charge in [0.25, 0.3) is 5.91 Å². The summed E-state index contributed by atoms with van der Waals surface area (Å²) < 4.78 is 35.4. The van der Waals surface area contributed by atoms with Crippen LogP contribution in [0.2, 0.25) is 5.02 Å². The van der Waals surface area contributed by atoms with Gasteiger partial charge in [0.05, 0.1) is 29.1 Å². The zero-order chi connectivity index (χ0) is 24.3. The highest BCUT2D eigenvalue weighted by atomic mass is 127. The van der Waals surface area contributed by atoms with Crippen molar-refractivity contribution in [3.63, 3.8) is 0 Å². The van der Waals surface area contributed by atoms with Crippen LogP contribution in [0.15, 0.2) is 59.8 Å².